The minimum atomic E-state index is -5.07. The average molecular weight is 482 g/mol. The van der Waals surface area contributed by atoms with Gasteiger partial charge in [0.1, 0.15) is 5.75 Å². The zero-order valence-corrected chi connectivity index (χ0v) is 16.6. The smallest absolute Gasteiger partial charge is 0.438 e. The number of hydrogen-bond donors (Lipinski definition) is 1. The van der Waals surface area contributed by atoms with Crippen molar-refractivity contribution in [3.63, 3.8) is 0 Å². The number of benzene rings is 1. The van der Waals surface area contributed by atoms with E-state index in [9.17, 15) is 23.1 Å². The largest absolute Gasteiger partial charge is 0.470 e. The summed E-state index contributed by atoms with van der Waals surface area (Å²) in [5.74, 6) is -0.720. The van der Waals surface area contributed by atoms with Crippen LogP contribution in [0.3, 0.4) is 0 Å². The molecule has 1 aliphatic heterocycles. The van der Waals surface area contributed by atoms with Gasteiger partial charge in [0.05, 0.1) is 4.47 Å². The molecule has 1 aromatic heterocycles. The molecular formula is C16H13BrClF3N4O3. The van der Waals surface area contributed by atoms with Crippen molar-refractivity contribution in [2.24, 2.45) is 5.10 Å². The molecule has 12 heteroatoms. The number of aliphatic hydroxyl groups is 1. The number of nitrogens with zero attached hydrogens (tertiary/aromatic N) is 4. The molecule has 2 heterocycles. The van der Waals surface area contributed by atoms with Gasteiger partial charge in [0.2, 0.25) is 0 Å². The van der Waals surface area contributed by atoms with Gasteiger partial charge in [-0.25, -0.2) is 4.68 Å². The van der Waals surface area contributed by atoms with Crippen LogP contribution in [0, 0.1) is 0 Å². The Morgan fingerprint density at radius 3 is 2.79 bits per heavy atom. The van der Waals surface area contributed by atoms with Crippen LogP contribution in [0.25, 0.3) is 0 Å². The highest BCUT2D eigenvalue weighted by Gasteiger charge is 2.63. The van der Waals surface area contributed by atoms with Gasteiger partial charge in [0, 0.05) is 23.4 Å². The number of rotatable bonds is 4. The standard InChI is InChI=1S/C16H13BrClF3N4O3/c1-9-7-15(27,16(19,20)21)25(22-9)14(26)12-4-5-24(23-12)8-28-13-3-2-10(18)6-11(13)17/h2-6,27H,7-8H2,1H3. The molecule has 1 amide bonds. The topological polar surface area (TPSA) is 80.0 Å². The second-order valence-electron chi connectivity index (χ2n) is 6.03. The van der Waals surface area contributed by atoms with Crippen LogP contribution in [0.1, 0.15) is 23.8 Å². The van der Waals surface area contributed by atoms with Gasteiger partial charge in [-0.1, -0.05) is 11.6 Å². The van der Waals surface area contributed by atoms with E-state index in [1.807, 2.05) is 0 Å². The summed E-state index contributed by atoms with van der Waals surface area (Å²) in [4.78, 5) is 12.5. The van der Waals surface area contributed by atoms with E-state index in [0.717, 1.165) is 0 Å². The van der Waals surface area contributed by atoms with Crippen molar-refractivity contribution in [1.82, 2.24) is 14.8 Å². The Kier molecular flexibility index (Phi) is 5.43. The maximum absolute atomic E-state index is 13.2. The summed E-state index contributed by atoms with van der Waals surface area (Å²) in [7, 11) is 0. The maximum atomic E-state index is 13.2. The number of hydrogen-bond acceptors (Lipinski definition) is 5. The Morgan fingerprint density at radius 1 is 1.43 bits per heavy atom. The Labute approximate surface area is 170 Å². The van der Waals surface area contributed by atoms with E-state index < -0.39 is 24.2 Å². The summed E-state index contributed by atoms with van der Waals surface area (Å²) in [6, 6.07) is 6.07. The fraction of sp³-hybridized carbons (Fsp3) is 0.312. The number of carbonyl (C=O) groups excluding carboxylic acids is 1. The third-order valence-corrected chi connectivity index (χ3v) is 4.73. The molecule has 0 saturated carbocycles. The molecule has 0 radical (unpaired) electrons. The highest BCUT2D eigenvalue weighted by atomic mass is 79.9. The first-order valence-corrected chi connectivity index (χ1v) is 8.97. The van der Waals surface area contributed by atoms with Crippen molar-refractivity contribution in [2.75, 3.05) is 0 Å². The van der Waals surface area contributed by atoms with Crippen LogP contribution in [0.15, 0.2) is 40.0 Å². The molecule has 1 atom stereocenters. The summed E-state index contributed by atoms with van der Waals surface area (Å²) in [5, 5.41) is 18.0. The molecule has 2 aromatic rings. The van der Waals surface area contributed by atoms with Gasteiger partial charge in [-0.2, -0.15) is 28.4 Å². The fourth-order valence-corrected chi connectivity index (χ4v) is 3.34. The number of alkyl halides is 3. The van der Waals surface area contributed by atoms with Crippen molar-refractivity contribution < 1.29 is 27.8 Å². The number of carbonyl (C=O) groups is 1. The lowest BCUT2D eigenvalue weighted by molar-refractivity contribution is -0.297. The number of amides is 1. The number of hydrazone groups is 1. The summed E-state index contributed by atoms with van der Waals surface area (Å²) in [6.07, 6.45) is -4.54. The molecule has 1 N–H and O–H groups in total. The molecule has 1 aliphatic rings. The van der Waals surface area contributed by atoms with E-state index >= 15 is 0 Å². The third-order valence-electron chi connectivity index (χ3n) is 3.88. The zero-order valence-electron chi connectivity index (χ0n) is 14.2. The van der Waals surface area contributed by atoms with Gasteiger partial charge in [0.15, 0.2) is 12.4 Å². The van der Waals surface area contributed by atoms with E-state index in [1.165, 1.54) is 23.9 Å². The van der Waals surface area contributed by atoms with Crippen molar-refractivity contribution >= 4 is 39.1 Å². The van der Waals surface area contributed by atoms with Crippen LogP contribution in [0.5, 0.6) is 5.75 Å². The second kappa shape index (κ2) is 7.37. The first-order chi connectivity index (χ1) is 13.0. The first kappa shape index (κ1) is 20.6. The Morgan fingerprint density at radius 2 is 2.14 bits per heavy atom. The molecule has 0 spiro atoms. The van der Waals surface area contributed by atoms with Crippen LogP contribution in [0.4, 0.5) is 13.2 Å². The van der Waals surface area contributed by atoms with Crippen LogP contribution in [0.2, 0.25) is 5.02 Å². The maximum Gasteiger partial charge on any atom is 0.438 e. The third kappa shape index (κ3) is 3.87. The van der Waals surface area contributed by atoms with E-state index in [4.69, 9.17) is 16.3 Å². The number of ether oxygens (including phenoxy) is 1. The van der Waals surface area contributed by atoms with Crippen molar-refractivity contribution in [2.45, 2.75) is 32.0 Å². The molecule has 0 fully saturated rings. The normalized spacial score (nSPS) is 19.7. The second-order valence-corrected chi connectivity index (χ2v) is 7.32. The number of halogens is 5. The molecule has 7 nitrogen and oxygen atoms in total. The Bertz CT molecular complexity index is 949. The summed E-state index contributed by atoms with van der Waals surface area (Å²) in [6.45, 7) is 1.18. The minimum Gasteiger partial charge on any atom is -0.470 e. The fourth-order valence-electron chi connectivity index (χ4n) is 2.54. The summed E-state index contributed by atoms with van der Waals surface area (Å²) in [5.41, 5.74) is -3.74. The van der Waals surface area contributed by atoms with Crippen molar-refractivity contribution in [3.05, 3.63) is 45.7 Å². The van der Waals surface area contributed by atoms with Crippen molar-refractivity contribution in [1.29, 1.82) is 0 Å². The molecule has 3 rings (SSSR count). The molecular weight excluding hydrogens is 469 g/mol. The predicted octanol–water partition coefficient (Wildman–Crippen LogP) is 3.81. The van der Waals surface area contributed by atoms with Gasteiger partial charge < -0.3 is 9.84 Å². The van der Waals surface area contributed by atoms with Gasteiger partial charge >= 0.3 is 6.18 Å². The lowest BCUT2D eigenvalue weighted by atomic mass is 10.1. The quantitative estimate of drug-likeness (QED) is 0.720. The average Bonchev–Trinajstić information content (AvgIpc) is 3.18. The molecule has 0 aliphatic carbocycles. The molecule has 1 unspecified atom stereocenters. The monoisotopic (exact) mass is 480 g/mol. The Balaban J connectivity index is 1.75. The summed E-state index contributed by atoms with van der Waals surface area (Å²) >= 11 is 9.12. The molecule has 0 bridgehead atoms. The lowest BCUT2D eigenvalue weighted by Crippen LogP contribution is -2.56. The SMILES string of the molecule is CC1=NN(C(=O)c2ccn(COc3ccc(Cl)cc3Br)n2)C(O)(C(F)(F)F)C1. The van der Waals surface area contributed by atoms with Gasteiger partial charge in [0.25, 0.3) is 11.6 Å². The van der Waals surface area contributed by atoms with Gasteiger partial charge in [-0.3, -0.25) is 4.79 Å². The summed E-state index contributed by atoms with van der Waals surface area (Å²) < 4.78 is 47.1. The van der Waals surface area contributed by atoms with Crippen LogP contribution >= 0.6 is 27.5 Å². The van der Waals surface area contributed by atoms with Crippen molar-refractivity contribution in [3.8, 4) is 5.75 Å². The van der Waals surface area contributed by atoms with Crippen LogP contribution < -0.4 is 4.74 Å². The van der Waals surface area contributed by atoms with Gasteiger partial charge in [-0.15, -0.1) is 0 Å². The van der Waals surface area contributed by atoms with E-state index in [0.29, 0.717) is 15.2 Å². The predicted molar refractivity (Wildman–Crippen MR) is 96.9 cm³/mol. The minimum absolute atomic E-state index is 0.0195. The van der Waals surface area contributed by atoms with Crippen LogP contribution in [-0.2, 0) is 6.73 Å². The Hall–Kier alpha value is -2.11. The van der Waals surface area contributed by atoms with E-state index in [-0.39, 0.29) is 23.1 Å². The lowest BCUT2D eigenvalue weighted by Gasteiger charge is -2.32. The van der Waals surface area contributed by atoms with Crippen LogP contribution in [-0.4, -0.2) is 43.4 Å². The molecule has 28 heavy (non-hydrogen) atoms. The number of aromatic nitrogens is 2. The van der Waals surface area contributed by atoms with E-state index in [1.54, 1.807) is 18.2 Å². The zero-order chi connectivity index (χ0) is 20.7. The first-order valence-electron chi connectivity index (χ1n) is 7.80. The van der Waals surface area contributed by atoms with E-state index in [2.05, 4.69) is 26.1 Å². The molecule has 0 saturated heterocycles. The highest BCUT2D eigenvalue weighted by Crippen LogP contribution is 2.40. The van der Waals surface area contributed by atoms with Gasteiger partial charge in [-0.05, 0) is 47.1 Å². The highest BCUT2D eigenvalue weighted by molar-refractivity contribution is 9.10. The molecule has 150 valence electrons. The molecule has 1 aromatic carbocycles.